The smallest absolute Gasteiger partial charge is 0.328 e. The number of hydrogen-bond donors (Lipinski definition) is 2. The van der Waals surface area contributed by atoms with Gasteiger partial charge in [0.15, 0.2) is 0 Å². The molecule has 27 heavy (non-hydrogen) atoms. The van der Waals surface area contributed by atoms with Gasteiger partial charge in [-0.3, -0.25) is 9.55 Å². The summed E-state index contributed by atoms with van der Waals surface area (Å²) in [6, 6.07) is 14.4. The zero-order valence-corrected chi connectivity index (χ0v) is 14.3. The van der Waals surface area contributed by atoms with Gasteiger partial charge < -0.3 is 10.1 Å². The number of H-pyrrole nitrogens is 1. The number of aromatic nitrogens is 3. The number of benzene rings is 2. The van der Waals surface area contributed by atoms with Crippen molar-refractivity contribution in [3.05, 3.63) is 82.8 Å². The summed E-state index contributed by atoms with van der Waals surface area (Å²) in [6.07, 6.45) is 3.89. The van der Waals surface area contributed by atoms with E-state index in [1.54, 1.807) is 18.3 Å². The largest absolute Gasteiger partial charge is 0.493 e. The molecule has 0 bridgehead atoms. The normalized spacial score (nSPS) is 18.7. The van der Waals surface area contributed by atoms with Gasteiger partial charge in [0.1, 0.15) is 5.82 Å². The number of nitrogens with one attached hydrogen (secondary N) is 1. The van der Waals surface area contributed by atoms with Gasteiger partial charge >= 0.3 is 5.69 Å². The molecular formula is C21H16FN3O2. The first kappa shape index (κ1) is 15.8. The zero-order valence-electron chi connectivity index (χ0n) is 14.3. The lowest BCUT2D eigenvalue weighted by atomic mass is 10.0. The summed E-state index contributed by atoms with van der Waals surface area (Å²) < 4.78 is 15.4. The number of fused-ring (bicyclic) bond motifs is 1. The van der Waals surface area contributed by atoms with Crippen LogP contribution in [0.3, 0.4) is 0 Å². The van der Waals surface area contributed by atoms with Crippen LogP contribution in [0.2, 0.25) is 0 Å². The van der Waals surface area contributed by atoms with E-state index in [1.807, 2.05) is 30.3 Å². The van der Waals surface area contributed by atoms with Crippen LogP contribution in [0, 0.1) is 5.82 Å². The Balaban J connectivity index is 1.47. The summed E-state index contributed by atoms with van der Waals surface area (Å²) in [6.45, 7) is 0. The fraction of sp³-hybridized carbons (Fsp3) is 0.143. The van der Waals surface area contributed by atoms with Crippen LogP contribution in [0.15, 0.2) is 65.7 Å². The molecule has 0 amide bonds. The first-order chi connectivity index (χ1) is 13.1. The summed E-state index contributed by atoms with van der Waals surface area (Å²) in [5.41, 5.74) is 2.37. The number of imidazole rings is 1. The third-order valence-electron chi connectivity index (χ3n) is 5.24. The topological polar surface area (TPSA) is 70.9 Å². The van der Waals surface area contributed by atoms with Crippen molar-refractivity contribution in [3.8, 4) is 17.1 Å². The Labute approximate surface area is 153 Å². The van der Waals surface area contributed by atoms with Crippen molar-refractivity contribution < 1.29 is 9.50 Å². The van der Waals surface area contributed by atoms with Crippen LogP contribution >= 0.6 is 0 Å². The van der Waals surface area contributed by atoms with Gasteiger partial charge in [0.25, 0.3) is 0 Å². The SMILES string of the molecule is O=c1[nH]cc(O)n1C1CC1c1ccc(-c2ccc(F)c3ccccc23)nc1. The molecule has 4 aromatic rings. The maximum Gasteiger partial charge on any atom is 0.328 e. The summed E-state index contributed by atoms with van der Waals surface area (Å²) in [5, 5.41) is 11.2. The van der Waals surface area contributed by atoms with Gasteiger partial charge in [-0.2, -0.15) is 0 Å². The van der Waals surface area contributed by atoms with Crippen molar-refractivity contribution in [1.29, 1.82) is 0 Å². The highest BCUT2D eigenvalue weighted by Crippen LogP contribution is 2.51. The van der Waals surface area contributed by atoms with Gasteiger partial charge in [-0.25, -0.2) is 9.18 Å². The molecule has 2 aromatic carbocycles. The van der Waals surface area contributed by atoms with Crippen LogP contribution in [-0.4, -0.2) is 19.6 Å². The number of halogens is 1. The van der Waals surface area contributed by atoms with E-state index in [0.29, 0.717) is 5.39 Å². The highest BCUT2D eigenvalue weighted by atomic mass is 19.1. The van der Waals surface area contributed by atoms with Gasteiger partial charge in [0.2, 0.25) is 5.88 Å². The highest BCUT2D eigenvalue weighted by Gasteiger charge is 2.42. The van der Waals surface area contributed by atoms with Crippen LogP contribution < -0.4 is 5.69 Å². The van der Waals surface area contributed by atoms with E-state index in [2.05, 4.69) is 9.97 Å². The first-order valence-corrected chi connectivity index (χ1v) is 8.76. The van der Waals surface area contributed by atoms with E-state index >= 15 is 0 Å². The Hall–Kier alpha value is -3.41. The average molecular weight is 361 g/mol. The number of aromatic amines is 1. The zero-order chi connectivity index (χ0) is 18.5. The Morgan fingerprint density at radius 3 is 2.63 bits per heavy atom. The van der Waals surface area contributed by atoms with Crippen LogP contribution in [-0.2, 0) is 0 Å². The lowest BCUT2D eigenvalue weighted by molar-refractivity contribution is 0.413. The molecule has 5 rings (SSSR count). The monoisotopic (exact) mass is 361 g/mol. The molecule has 0 spiro atoms. The van der Waals surface area contributed by atoms with Crippen molar-refractivity contribution in [2.45, 2.75) is 18.4 Å². The van der Waals surface area contributed by atoms with Gasteiger partial charge in [0, 0.05) is 29.1 Å². The summed E-state index contributed by atoms with van der Waals surface area (Å²) >= 11 is 0. The molecule has 0 radical (unpaired) electrons. The maximum atomic E-state index is 14.0. The minimum Gasteiger partial charge on any atom is -0.493 e. The van der Waals surface area contributed by atoms with E-state index in [4.69, 9.17) is 0 Å². The second-order valence-electron chi connectivity index (χ2n) is 6.85. The maximum absolute atomic E-state index is 14.0. The second-order valence-corrected chi connectivity index (χ2v) is 6.85. The van der Waals surface area contributed by atoms with E-state index in [9.17, 15) is 14.3 Å². The van der Waals surface area contributed by atoms with Crippen molar-refractivity contribution in [2.75, 3.05) is 0 Å². The lowest BCUT2D eigenvalue weighted by Gasteiger charge is -2.08. The first-order valence-electron chi connectivity index (χ1n) is 8.76. The van der Waals surface area contributed by atoms with Crippen molar-refractivity contribution in [1.82, 2.24) is 14.5 Å². The quantitative estimate of drug-likeness (QED) is 0.580. The number of pyridine rings is 1. The second kappa shape index (κ2) is 5.81. The van der Waals surface area contributed by atoms with E-state index in [1.165, 1.54) is 16.8 Å². The standard InChI is InChI=1S/C21H16FN3O2/c22-17-7-6-15(13-3-1-2-4-14(13)17)18-8-5-12(10-23-18)16-9-19(16)25-20(26)11-24-21(25)27/h1-8,10-11,16,19,26H,9H2,(H,24,27). The molecular weight excluding hydrogens is 345 g/mol. The van der Waals surface area contributed by atoms with E-state index in [-0.39, 0.29) is 29.3 Å². The molecule has 2 heterocycles. The summed E-state index contributed by atoms with van der Waals surface area (Å²) in [5.74, 6) is -0.144. The Kier molecular flexibility index (Phi) is 3.40. The molecule has 0 aliphatic heterocycles. The molecule has 134 valence electrons. The molecule has 1 fully saturated rings. The number of aromatic hydroxyl groups is 1. The molecule has 5 nitrogen and oxygen atoms in total. The van der Waals surface area contributed by atoms with E-state index < -0.39 is 0 Å². The molecule has 2 atom stereocenters. The average Bonchev–Trinajstić information content (AvgIpc) is 3.40. The molecule has 0 saturated heterocycles. The fourth-order valence-electron chi connectivity index (χ4n) is 3.78. The predicted molar refractivity (Wildman–Crippen MR) is 100 cm³/mol. The van der Waals surface area contributed by atoms with Gasteiger partial charge in [-0.15, -0.1) is 0 Å². The molecule has 2 unspecified atom stereocenters. The lowest BCUT2D eigenvalue weighted by Crippen LogP contribution is -2.15. The van der Waals surface area contributed by atoms with E-state index in [0.717, 1.165) is 28.6 Å². The Morgan fingerprint density at radius 1 is 1.11 bits per heavy atom. The number of rotatable bonds is 3. The van der Waals surface area contributed by atoms with Crippen molar-refractivity contribution in [2.24, 2.45) is 0 Å². The molecule has 2 aromatic heterocycles. The Morgan fingerprint density at radius 2 is 1.93 bits per heavy atom. The summed E-state index contributed by atoms with van der Waals surface area (Å²) in [7, 11) is 0. The van der Waals surface area contributed by atoms with Crippen molar-refractivity contribution in [3.63, 3.8) is 0 Å². The Bertz CT molecular complexity index is 1210. The molecule has 1 saturated carbocycles. The van der Waals surface area contributed by atoms with Gasteiger partial charge in [-0.05, 0) is 35.6 Å². The molecule has 6 heteroatoms. The minimum atomic E-state index is -0.303. The highest BCUT2D eigenvalue weighted by molar-refractivity contribution is 5.96. The third-order valence-corrected chi connectivity index (χ3v) is 5.24. The van der Waals surface area contributed by atoms with Crippen LogP contribution in [0.5, 0.6) is 5.88 Å². The molecule has 2 N–H and O–H groups in total. The van der Waals surface area contributed by atoms with Gasteiger partial charge in [0.05, 0.1) is 11.9 Å². The van der Waals surface area contributed by atoms with Crippen LogP contribution in [0.25, 0.3) is 22.0 Å². The number of nitrogens with zero attached hydrogens (tertiary/aromatic N) is 2. The van der Waals surface area contributed by atoms with Gasteiger partial charge in [-0.1, -0.05) is 30.3 Å². The molecule has 1 aliphatic carbocycles. The van der Waals surface area contributed by atoms with Crippen LogP contribution in [0.4, 0.5) is 4.39 Å². The summed E-state index contributed by atoms with van der Waals surface area (Å²) in [4.78, 5) is 18.9. The number of hydrogen-bond acceptors (Lipinski definition) is 3. The van der Waals surface area contributed by atoms with Crippen molar-refractivity contribution >= 4 is 10.8 Å². The fourth-order valence-corrected chi connectivity index (χ4v) is 3.78. The predicted octanol–water partition coefficient (Wildman–Crippen LogP) is 3.96. The third kappa shape index (κ3) is 2.52. The van der Waals surface area contributed by atoms with Crippen LogP contribution in [0.1, 0.15) is 23.9 Å². The minimum absolute atomic E-state index is 0.0464. The molecule has 1 aliphatic rings.